The molecule has 0 amide bonds. The Kier molecular flexibility index (Phi) is 5.27. The Bertz CT molecular complexity index is 1040. The lowest BCUT2D eigenvalue weighted by molar-refractivity contribution is -0.153. The molecule has 0 unspecified atom stereocenters. The minimum absolute atomic E-state index is 0.0793. The maximum Gasteiger partial charge on any atom is 0.422 e. The Morgan fingerprint density at radius 2 is 2.04 bits per heavy atom. The van der Waals surface area contributed by atoms with Crippen molar-refractivity contribution in [2.24, 2.45) is 0 Å². The number of carbonyl (C=O) groups is 1. The highest BCUT2D eigenvalue weighted by molar-refractivity contribution is 6.30. The number of rotatable bonds is 5. The molecule has 3 rings (SSSR count). The Morgan fingerprint density at radius 1 is 1.29 bits per heavy atom. The summed E-state index contributed by atoms with van der Waals surface area (Å²) in [7, 11) is 1.20. The van der Waals surface area contributed by atoms with E-state index in [4.69, 9.17) is 21.1 Å². The van der Waals surface area contributed by atoms with Gasteiger partial charge in [0.2, 0.25) is 0 Å². The van der Waals surface area contributed by atoms with Crippen molar-refractivity contribution in [3.63, 3.8) is 0 Å². The van der Waals surface area contributed by atoms with E-state index in [1.165, 1.54) is 24.0 Å². The van der Waals surface area contributed by atoms with E-state index < -0.39 is 18.8 Å². The molecule has 0 atom stereocenters. The van der Waals surface area contributed by atoms with Crippen LogP contribution in [0.25, 0.3) is 5.65 Å². The number of halogens is 4. The summed E-state index contributed by atoms with van der Waals surface area (Å²) in [6.07, 6.45) is -1.94. The smallest absolute Gasteiger partial charge is 0.422 e. The number of pyridine rings is 2. The van der Waals surface area contributed by atoms with Crippen LogP contribution in [0.4, 0.5) is 13.2 Å². The second-order valence-electron chi connectivity index (χ2n) is 5.51. The van der Waals surface area contributed by atoms with Crippen LogP contribution in [0.3, 0.4) is 0 Å². The van der Waals surface area contributed by atoms with Crippen LogP contribution in [0.2, 0.25) is 5.02 Å². The first-order chi connectivity index (χ1) is 13.2. The summed E-state index contributed by atoms with van der Waals surface area (Å²) >= 11 is 5.78. The van der Waals surface area contributed by atoms with Crippen LogP contribution in [0.5, 0.6) is 17.4 Å². The van der Waals surface area contributed by atoms with Crippen LogP contribution in [0.15, 0.2) is 24.5 Å². The first-order valence-corrected chi connectivity index (χ1v) is 8.02. The van der Waals surface area contributed by atoms with E-state index in [2.05, 4.69) is 19.8 Å². The fourth-order valence-corrected chi connectivity index (χ4v) is 2.29. The Hall–Kier alpha value is -3.08. The zero-order chi connectivity index (χ0) is 20.5. The lowest BCUT2D eigenvalue weighted by Crippen LogP contribution is -2.19. The number of ether oxygens (including phenoxy) is 3. The van der Waals surface area contributed by atoms with Crippen molar-refractivity contribution in [1.29, 1.82) is 0 Å². The summed E-state index contributed by atoms with van der Waals surface area (Å²) in [5.41, 5.74) is 0.915. The Labute approximate surface area is 160 Å². The molecule has 3 aromatic rings. The molecule has 0 aromatic carbocycles. The highest BCUT2D eigenvalue weighted by atomic mass is 35.5. The summed E-state index contributed by atoms with van der Waals surface area (Å²) in [4.78, 5) is 19.4. The van der Waals surface area contributed by atoms with Gasteiger partial charge < -0.3 is 14.2 Å². The van der Waals surface area contributed by atoms with Gasteiger partial charge in [0.05, 0.1) is 18.3 Å². The van der Waals surface area contributed by atoms with Crippen LogP contribution < -0.4 is 9.47 Å². The van der Waals surface area contributed by atoms with Crippen LogP contribution >= 0.6 is 11.6 Å². The summed E-state index contributed by atoms with van der Waals surface area (Å²) in [6, 6.07) is 2.73. The number of aryl methyl sites for hydroxylation is 1. The van der Waals surface area contributed by atoms with E-state index in [-0.39, 0.29) is 28.2 Å². The predicted octanol–water partition coefficient (Wildman–Crippen LogP) is 3.61. The molecular weight excluding hydrogens is 405 g/mol. The molecule has 28 heavy (non-hydrogen) atoms. The van der Waals surface area contributed by atoms with Gasteiger partial charge in [0.1, 0.15) is 0 Å². The van der Waals surface area contributed by atoms with E-state index >= 15 is 0 Å². The number of hydrogen-bond donors (Lipinski definition) is 0. The molecule has 0 N–H and O–H groups in total. The van der Waals surface area contributed by atoms with E-state index in [1.807, 2.05) is 0 Å². The first kappa shape index (κ1) is 19.7. The number of carbonyl (C=O) groups excluding carboxylic acids is 1. The van der Waals surface area contributed by atoms with Gasteiger partial charge in [-0.3, -0.25) is 0 Å². The molecule has 0 saturated heterocycles. The van der Waals surface area contributed by atoms with Gasteiger partial charge in [-0.05, 0) is 18.6 Å². The molecule has 0 spiro atoms. The van der Waals surface area contributed by atoms with Gasteiger partial charge in [0.25, 0.3) is 11.7 Å². The fraction of sp³-hybridized carbons (Fsp3) is 0.250. The second-order valence-corrected chi connectivity index (χ2v) is 5.95. The molecule has 3 heterocycles. The minimum atomic E-state index is -4.54. The number of esters is 1. The van der Waals surface area contributed by atoms with Crippen molar-refractivity contribution < 1.29 is 32.2 Å². The maximum absolute atomic E-state index is 12.5. The molecule has 148 valence electrons. The van der Waals surface area contributed by atoms with Crippen molar-refractivity contribution in [2.45, 2.75) is 13.1 Å². The normalized spacial score (nSPS) is 11.5. The van der Waals surface area contributed by atoms with Crippen molar-refractivity contribution >= 4 is 23.2 Å². The third-order valence-corrected chi connectivity index (χ3v) is 3.59. The van der Waals surface area contributed by atoms with Gasteiger partial charge in [-0.15, -0.1) is 5.10 Å². The molecule has 3 aromatic heterocycles. The van der Waals surface area contributed by atoms with Crippen molar-refractivity contribution in [1.82, 2.24) is 19.6 Å². The number of aromatic nitrogens is 4. The SMILES string of the molecule is COC(=O)c1nc2cc(C)c(Oc3ncc(Cl)cc3OCC(F)(F)F)cn2n1. The summed E-state index contributed by atoms with van der Waals surface area (Å²) < 4.78 is 53.5. The number of methoxy groups -OCH3 is 1. The van der Waals surface area contributed by atoms with Crippen LogP contribution in [-0.2, 0) is 4.74 Å². The third kappa shape index (κ3) is 4.42. The molecule has 0 bridgehead atoms. The second kappa shape index (κ2) is 7.50. The number of hydrogen-bond acceptors (Lipinski definition) is 7. The van der Waals surface area contributed by atoms with Crippen molar-refractivity contribution in [3.05, 3.63) is 40.9 Å². The molecule has 8 nitrogen and oxygen atoms in total. The largest absolute Gasteiger partial charge is 0.478 e. The van der Waals surface area contributed by atoms with Gasteiger partial charge in [-0.1, -0.05) is 11.6 Å². The van der Waals surface area contributed by atoms with Crippen molar-refractivity contribution in [3.8, 4) is 17.4 Å². The zero-order valence-corrected chi connectivity index (χ0v) is 15.2. The molecule has 0 aliphatic carbocycles. The van der Waals surface area contributed by atoms with Crippen molar-refractivity contribution in [2.75, 3.05) is 13.7 Å². The van der Waals surface area contributed by atoms with Crippen LogP contribution in [0, 0.1) is 6.92 Å². The summed E-state index contributed by atoms with van der Waals surface area (Å²) in [5.74, 6) is -1.16. The lowest BCUT2D eigenvalue weighted by Gasteiger charge is -2.14. The summed E-state index contributed by atoms with van der Waals surface area (Å²) in [6.45, 7) is 0.142. The maximum atomic E-state index is 12.5. The Morgan fingerprint density at radius 3 is 2.71 bits per heavy atom. The molecule has 12 heteroatoms. The minimum Gasteiger partial charge on any atom is -0.478 e. The van der Waals surface area contributed by atoms with Gasteiger partial charge in [0, 0.05) is 12.3 Å². The highest BCUT2D eigenvalue weighted by Crippen LogP contribution is 2.34. The summed E-state index contributed by atoms with van der Waals surface area (Å²) in [5, 5.41) is 4.04. The van der Waals surface area contributed by atoms with Gasteiger partial charge in [-0.2, -0.15) is 13.2 Å². The quantitative estimate of drug-likeness (QED) is 0.587. The first-order valence-electron chi connectivity index (χ1n) is 7.64. The third-order valence-electron chi connectivity index (χ3n) is 3.38. The van der Waals surface area contributed by atoms with E-state index in [1.54, 1.807) is 13.0 Å². The fourth-order valence-electron chi connectivity index (χ4n) is 2.14. The average Bonchev–Trinajstić information content (AvgIpc) is 3.03. The lowest BCUT2D eigenvalue weighted by atomic mass is 10.3. The van der Waals surface area contributed by atoms with Gasteiger partial charge >= 0.3 is 12.1 Å². The monoisotopic (exact) mass is 416 g/mol. The predicted molar refractivity (Wildman–Crippen MR) is 89.9 cm³/mol. The average molecular weight is 417 g/mol. The molecule has 0 saturated carbocycles. The molecular formula is C16H12ClF3N4O4. The standard InChI is InChI=1S/C16H12ClF3N4O4/c1-8-3-12-22-13(15(25)26-2)23-24(12)6-11(8)28-14-10(4-9(17)5-21-14)27-7-16(18,19)20/h3-6H,7H2,1-2H3. The van der Waals surface area contributed by atoms with Crippen LogP contribution in [-0.4, -0.2) is 45.4 Å². The molecule has 0 aliphatic rings. The molecule has 0 fully saturated rings. The van der Waals surface area contributed by atoms with Gasteiger partial charge in [-0.25, -0.2) is 19.3 Å². The molecule has 0 radical (unpaired) electrons. The van der Waals surface area contributed by atoms with E-state index in [9.17, 15) is 18.0 Å². The van der Waals surface area contributed by atoms with E-state index in [0.717, 1.165) is 6.07 Å². The van der Waals surface area contributed by atoms with Crippen LogP contribution in [0.1, 0.15) is 16.2 Å². The Balaban J connectivity index is 1.93. The van der Waals surface area contributed by atoms with E-state index in [0.29, 0.717) is 11.2 Å². The number of alkyl halides is 3. The van der Waals surface area contributed by atoms with Gasteiger partial charge in [0.15, 0.2) is 23.8 Å². The topological polar surface area (TPSA) is 87.8 Å². The molecule has 0 aliphatic heterocycles. The zero-order valence-electron chi connectivity index (χ0n) is 14.5. The highest BCUT2D eigenvalue weighted by Gasteiger charge is 2.29. The number of fused-ring (bicyclic) bond motifs is 1. The number of nitrogens with zero attached hydrogens (tertiary/aromatic N) is 4.